The lowest BCUT2D eigenvalue weighted by molar-refractivity contribution is -0.729. The van der Waals surface area contributed by atoms with Crippen molar-refractivity contribution in [3.63, 3.8) is 0 Å². The Balaban J connectivity index is 1.66. The van der Waals surface area contributed by atoms with Crippen molar-refractivity contribution in [1.29, 1.82) is 0 Å². The molecule has 0 saturated heterocycles. The zero-order valence-corrected chi connectivity index (χ0v) is 17.6. The first-order chi connectivity index (χ1) is 14.0. The Labute approximate surface area is 180 Å². The van der Waals surface area contributed by atoms with Crippen LogP contribution in [0.3, 0.4) is 0 Å². The van der Waals surface area contributed by atoms with E-state index in [-0.39, 0.29) is 10.6 Å². The molecule has 156 valence electrons. The molecule has 0 unspecified atom stereocenters. The zero-order chi connectivity index (χ0) is 20.8. The number of benzene rings is 1. The van der Waals surface area contributed by atoms with E-state index in [9.17, 15) is 10.1 Å². The molecule has 2 aromatic rings. The minimum Gasteiger partial charge on any atom is -0.379 e. The number of rotatable bonds is 8. The summed E-state index contributed by atoms with van der Waals surface area (Å²) in [6, 6.07) is 7.14. The number of nitrogens with one attached hydrogen (secondary N) is 2. The molecule has 0 atom stereocenters. The maximum atomic E-state index is 11.5. The summed E-state index contributed by atoms with van der Waals surface area (Å²) in [6.07, 6.45) is 5.81. The molecule has 1 aliphatic carbocycles. The lowest BCUT2D eigenvalue weighted by Crippen LogP contribution is -2.25. The molecule has 0 amide bonds. The summed E-state index contributed by atoms with van der Waals surface area (Å²) in [6.45, 7) is 1.90. The number of halogens is 2. The molecule has 1 aliphatic rings. The van der Waals surface area contributed by atoms with Gasteiger partial charge >= 0.3 is 5.69 Å². The summed E-state index contributed by atoms with van der Waals surface area (Å²) in [4.78, 5) is 15.5. The number of anilines is 2. The largest absolute Gasteiger partial charge is 0.379 e. The van der Waals surface area contributed by atoms with Crippen molar-refractivity contribution >= 4 is 40.4 Å². The van der Waals surface area contributed by atoms with E-state index in [1.807, 2.05) is 12.1 Å². The first-order valence-corrected chi connectivity index (χ1v) is 10.5. The molecule has 9 heteroatoms. The van der Waals surface area contributed by atoms with Gasteiger partial charge in [0.05, 0.1) is 15.0 Å². The van der Waals surface area contributed by atoms with Crippen molar-refractivity contribution in [2.45, 2.75) is 32.2 Å². The molecule has 0 bridgehead atoms. The van der Waals surface area contributed by atoms with Crippen LogP contribution in [0.25, 0.3) is 0 Å². The molecular weight excluding hydrogens is 413 g/mol. The number of nitrogens with zero attached hydrogens (tertiary/aromatic N) is 2. The highest BCUT2D eigenvalue weighted by atomic mass is 35.5. The summed E-state index contributed by atoms with van der Waals surface area (Å²) in [5.74, 6) is 1.69. The van der Waals surface area contributed by atoms with Crippen LogP contribution in [0.2, 0.25) is 10.0 Å². The standard InChI is InChI=1S/C20H26Cl2N5O2/c21-16-3-1-2-15(20(16)22)11-25-19-8-17(18(12-26-19)27(28)29)24-10-14-6-4-13(9-23)5-7-14/h1-3,8,12-14H,4-7,9-11,23H2,(H,28,29)(H2,24,25,26)/q+1. The average molecular weight is 439 g/mol. The van der Waals surface area contributed by atoms with E-state index in [0.29, 0.717) is 39.9 Å². The van der Waals surface area contributed by atoms with Crippen LogP contribution in [-0.2, 0) is 6.54 Å². The Morgan fingerprint density at radius 3 is 2.59 bits per heavy atom. The Kier molecular flexibility index (Phi) is 7.52. The van der Waals surface area contributed by atoms with Crippen LogP contribution in [0.1, 0.15) is 31.2 Å². The molecule has 0 spiro atoms. The lowest BCUT2D eigenvalue weighted by Gasteiger charge is -2.27. The second kappa shape index (κ2) is 10.1. The van der Waals surface area contributed by atoms with Gasteiger partial charge in [-0.05, 0) is 55.7 Å². The molecule has 29 heavy (non-hydrogen) atoms. The third-order valence-corrected chi connectivity index (χ3v) is 6.32. The number of nitrogens with two attached hydrogens (primary N) is 1. The van der Waals surface area contributed by atoms with Gasteiger partial charge in [0.2, 0.25) is 0 Å². The molecule has 1 fully saturated rings. The van der Waals surface area contributed by atoms with Gasteiger partial charge in [-0.2, -0.15) is 0 Å². The molecule has 1 aromatic heterocycles. The molecule has 0 aliphatic heterocycles. The van der Waals surface area contributed by atoms with E-state index in [2.05, 4.69) is 15.6 Å². The minimum atomic E-state index is -0.168. The topological polar surface area (TPSA) is 103 Å². The van der Waals surface area contributed by atoms with Crippen LogP contribution < -0.4 is 16.4 Å². The van der Waals surface area contributed by atoms with Crippen LogP contribution in [0, 0.1) is 16.7 Å². The van der Waals surface area contributed by atoms with Crippen LogP contribution in [0.4, 0.5) is 17.2 Å². The molecule has 0 radical (unpaired) electrons. The number of hydrogen-bond acceptors (Lipinski definition) is 5. The second-order valence-corrected chi connectivity index (χ2v) is 8.21. The van der Waals surface area contributed by atoms with Gasteiger partial charge in [0.15, 0.2) is 0 Å². The van der Waals surface area contributed by atoms with Crippen LogP contribution >= 0.6 is 23.2 Å². The molecule has 5 N–H and O–H groups in total. The molecule has 1 heterocycles. The Morgan fingerprint density at radius 2 is 1.90 bits per heavy atom. The van der Waals surface area contributed by atoms with Gasteiger partial charge in [-0.1, -0.05) is 35.3 Å². The summed E-state index contributed by atoms with van der Waals surface area (Å²) in [7, 11) is 0. The molecule has 1 saturated carbocycles. The van der Waals surface area contributed by atoms with E-state index in [0.717, 1.165) is 44.3 Å². The Hall–Kier alpha value is -2.09. The third-order valence-electron chi connectivity index (χ3n) is 5.46. The normalized spacial score (nSPS) is 19.0. The van der Waals surface area contributed by atoms with Crippen LogP contribution in [-0.4, -0.2) is 28.2 Å². The van der Waals surface area contributed by atoms with Crippen LogP contribution in [0.15, 0.2) is 30.5 Å². The van der Waals surface area contributed by atoms with E-state index in [4.69, 9.17) is 28.9 Å². The van der Waals surface area contributed by atoms with Crippen molar-refractivity contribution in [3.8, 4) is 0 Å². The highest BCUT2D eigenvalue weighted by Crippen LogP contribution is 2.31. The van der Waals surface area contributed by atoms with Crippen molar-refractivity contribution in [1.82, 2.24) is 4.98 Å². The maximum absolute atomic E-state index is 11.5. The van der Waals surface area contributed by atoms with Crippen molar-refractivity contribution < 1.29 is 10.1 Å². The fourth-order valence-corrected chi connectivity index (χ4v) is 4.02. The predicted octanol–water partition coefficient (Wildman–Crippen LogP) is 4.98. The number of aromatic nitrogens is 1. The minimum absolute atomic E-state index is 0.0759. The SMILES string of the molecule is NCC1CCC(CNc2cc(NCc3cccc(Cl)c3Cl)ncc2[N+](=O)O)CC1. The first-order valence-electron chi connectivity index (χ1n) is 9.74. The van der Waals surface area contributed by atoms with Gasteiger partial charge in [0, 0.05) is 19.2 Å². The van der Waals surface area contributed by atoms with Gasteiger partial charge in [-0.3, -0.25) is 0 Å². The van der Waals surface area contributed by atoms with E-state index >= 15 is 0 Å². The molecule has 3 rings (SSSR count). The van der Waals surface area contributed by atoms with Gasteiger partial charge in [0.1, 0.15) is 17.7 Å². The summed E-state index contributed by atoms with van der Waals surface area (Å²) in [5, 5.41) is 16.9. The number of pyridine rings is 1. The highest BCUT2D eigenvalue weighted by molar-refractivity contribution is 6.42. The molecule has 7 nitrogen and oxygen atoms in total. The van der Waals surface area contributed by atoms with Gasteiger partial charge in [0.25, 0.3) is 4.92 Å². The predicted molar refractivity (Wildman–Crippen MR) is 116 cm³/mol. The highest BCUT2D eigenvalue weighted by Gasteiger charge is 2.23. The zero-order valence-electron chi connectivity index (χ0n) is 16.1. The van der Waals surface area contributed by atoms with Crippen molar-refractivity contribution in [3.05, 3.63) is 51.0 Å². The van der Waals surface area contributed by atoms with Gasteiger partial charge in [-0.15, -0.1) is 0 Å². The monoisotopic (exact) mass is 438 g/mol. The fourth-order valence-electron chi connectivity index (χ4n) is 3.64. The summed E-state index contributed by atoms with van der Waals surface area (Å²) in [5.41, 5.74) is 7.20. The van der Waals surface area contributed by atoms with E-state index in [1.165, 1.54) is 6.20 Å². The van der Waals surface area contributed by atoms with Crippen molar-refractivity contribution in [2.75, 3.05) is 23.7 Å². The second-order valence-electron chi connectivity index (χ2n) is 7.43. The van der Waals surface area contributed by atoms with Gasteiger partial charge in [-0.25, -0.2) is 10.2 Å². The number of hydrogen-bond donors (Lipinski definition) is 4. The molecular formula is C20H26Cl2N5O2+. The molecule has 1 aromatic carbocycles. The van der Waals surface area contributed by atoms with E-state index in [1.54, 1.807) is 12.1 Å². The Morgan fingerprint density at radius 1 is 1.17 bits per heavy atom. The van der Waals surface area contributed by atoms with E-state index < -0.39 is 0 Å². The Bertz CT molecular complexity index is 857. The van der Waals surface area contributed by atoms with Gasteiger partial charge < -0.3 is 16.4 Å². The fraction of sp³-hybridized carbons (Fsp3) is 0.450. The maximum Gasteiger partial charge on any atom is 0.357 e. The van der Waals surface area contributed by atoms with Crippen LogP contribution in [0.5, 0.6) is 0 Å². The summed E-state index contributed by atoms with van der Waals surface area (Å²) >= 11 is 12.3. The first kappa shape index (κ1) is 21.6. The smallest absolute Gasteiger partial charge is 0.357 e. The third kappa shape index (κ3) is 5.72. The summed E-state index contributed by atoms with van der Waals surface area (Å²) < 4.78 is 0. The average Bonchev–Trinajstić information content (AvgIpc) is 2.73. The lowest BCUT2D eigenvalue weighted by atomic mass is 9.82. The van der Waals surface area contributed by atoms with Crippen molar-refractivity contribution in [2.24, 2.45) is 17.6 Å². The quantitative estimate of drug-likeness (QED) is 0.433.